The Kier molecular flexibility index (Phi) is 4.22. The van der Waals surface area contributed by atoms with Crippen molar-refractivity contribution in [3.63, 3.8) is 0 Å². The molecular formula is C15H16N2O3. The van der Waals surface area contributed by atoms with Gasteiger partial charge in [0.05, 0.1) is 5.56 Å². The third-order valence-electron chi connectivity index (χ3n) is 2.84. The van der Waals surface area contributed by atoms with Crippen molar-refractivity contribution in [2.24, 2.45) is 5.73 Å². The minimum Gasteiger partial charge on any atom is -0.490 e. The molecule has 0 bridgehead atoms. The number of para-hydroxylation sites is 1. The second-order valence-corrected chi connectivity index (χ2v) is 4.36. The maximum atomic E-state index is 11.2. The standard InChI is InChI=1S/C15H16N2O3/c16-11-5-3-4-10(8-11)13(18)9-20-14-7-2-1-6-12(14)15(17)19/h1-8,13,18H,9,16H2,(H2,17,19). The molecule has 0 aromatic heterocycles. The first-order valence-electron chi connectivity index (χ1n) is 6.13. The lowest BCUT2D eigenvalue weighted by atomic mass is 10.1. The summed E-state index contributed by atoms with van der Waals surface area (Å²) < 4.78 is 5.46. The van der Waals surface area contributed by atoms with E-state index < -0.39 is 12.0 Å². The van der Waals surface area contributed by atoms with E-state index in [4.69, 9.17) is 16.2 Å². The van der Waals surface area contributed by atoms with Crippen molar-refractivity contribution in [2.75, 3.05) is 12.3 Å². The van der Waals surface area contributed by atoms with E-state index >= 15 is 0 Å². The molecule has 1 unspecified atom stereocenters. The molecule has 5 N–H and O–H groups in total. The quantitative estimate of drug-likeness (QED) is 0.718. The summed E-state index contributed by atoms with van der Waals surface area (Å²) in [6.07, 6.45) is -0.834. The van der Waals surface area contributed by atoms with Crippen LogP contribution in [0.15, 0.2) is 48.5 Å². The van der Waals surface area contributed by atoms with E-state index in [0.717, 1.165) is 0 Å². The van der Waals surface area contributed by atoms with Crippen LogP contribution in [0.3, 0.4) is 0 Å². The molecule has 0 radical (unpaired) electrons. The summed E-state index contributed by atoms with van der Waals surface area (Å²) >= 11 is 0. The minimum atomic E-state index is -0.834. The fourth-order valence-corrected chi connectivity index (χ4v) is 1.83. The van der Waals surface area contributed by atoms with Gasteiger partial charge in [0.25, 0.3) is 5.91 Å². The molecule has 0 aliphatic rings. The van der Waals surface area contributed by atoms with E-state index in [0.29, 0.717) is 17.0 Å². The molecule has 0 aliphatic heterocycles. The summed E-state index contributed by atoms with van der Waals surface area (Å²) in [5.74, 6) is -0.220. The molecule has 20 heavy (non-hydrogen) atoms. The second-order valence-electron chi connectivity index (χ2n) is 4.36. The Morgan fingerprint density at radius 1 is 1.20 bits per heavy atom. The van der Waals surface area contributed by atoms with Crippen molar-refractivity contribution in [3.8, 4) is 5.75 Å². The summed E-state index contributed by atoms with van der Waals surface area (Å²) in [5.41, 5.74) is 12.4. The zero-order valence-corrected chi connectivity index (χ0v) is 10.8. The van der Waals surface area contributed by atoms with Gasteiger partial charge in [0.15, 0.2) is 0 Å². The molecule has 0 fully saturated rings. The first-order valence-corrected chi connectivity index (χ1v) is 6.13. The van der Waals surface area contributed by atoms with Gasteiger partial charge in [-0.1, -0.05) is 24.3 Å². The van der Waals surface area contributed by atoms with Crippen LogP contribution in [0.5, 0.6) is 5.75 Å². The van der Waals surface area contributed by atoms with Crippen molar-refractivity contribution in [1.82, 2.24) is 0 Å². The molecule has 0 saturated heterocycles. The van der Waals surface area contributed by atoms with Crippen LogP contribution in [0.4, 0.5) is 5.69 Å². The minimum absolute atomic E-state index is 0.00769. The Bertz CT molecular complexity index is 614. The molecule has 5 nitrogen and oxygen atoms in total. The lowest BCUT2D eigenvalue weighted by molar-refractivity contribution is 0.0967. The Hall–Kier alpha value is -2.53. The molecular weight excluding hydrogens is 256 g/mol. The molecule has 0 aliphatic carbocycles. The van der Waals surface area contributed by atoms with Crippen molar-refractivity contribution in [1.29, 1.82) is 0 Å². The number of nitrogens with two attached hydrogens (primary N) is 2. The first-order chi connectivity index (χ1) is 9.58. The van der Waals surface area contributed by atoms with Gasteiger partial charge in [0.2, 0.25) is 0 Å². The highest BCUT2D eigenvalue weighted by molar-refractivity contribution is 5.95. The SMILES string of the molecule is NC(=O)c1ccccc1OCC(O)c1cccc(N)c1. The Morgan fingerprint density at radius 3 is 2.65 bits per heavy atom. The van der Waals surface area contributed by atoms with E-state index in [-0.39, 0.29) is 12.2 Å². The molecule has 2 aromatic rings. The summed E-state index contributed by atoms with van der Waals surface area (Å²) in [5, 5.41) is 10.0. The lowest BCUT2D eigenvalue weighted by Gasteiger charge is -2.14. The predicted molar refractivity (Wildman–Crippen MR) is 76.3 cm³/mol. The highest BCUT2D eigenvalue weighted by atomic mass is 16.5. The van der Waals surface area contributed by atoms with Gasteiger partial charge in [0, 0.05) is 5.69 Å². The number of aliphatic hydroxyl groups excluding tert-OH is 1. The summed E-state index contributed by atoms with van der Waals surface area (Å²) in [7, 11) is 0. The largest absolute Gasteiger partial charge is 0.490 e. The van der Waals surface area contributed by atoms with Crippen LogP contribution in [-0.4, -0.2) is 17.6 Å². The Labute approximate surface area is 116 Å². The van der Waals surface area contributed by atoms with E-state index in [1.54, 1.807) is 48.5 Å². The van der Waals surface area contributed by atoms with Gasteiger partial charge in [-0.25, -0.2) is 0 Å². The molecule has 1 amide bonds. The molecule has 104 valence electrons. The number of rotatable bonds is 5. The number of hydrogen-bond donors (Lipinski definition) is 3. The maximum Gasteiger partial charge on any atom is 0.252 e. The zero-order chi connectivity index (χ0) is 14.5. The zero-order valence-electron chi connectivity index (χ0n) is 10.8. The third kappa shape index (κ3) is 3.27. The van der Waals surface area contributed by atoms with Crippen LogP contribution in [0.1, 0.15) is 22.0 Å². The monoisotopic (exact) mass is 272 g/mol. The van der Waals surface area contributed by atoms with E-state index in [1.807, 2.05) is 0 Å². The van der Waals surface area contributed by atoms with Crippen LogP contribution in [-0.2, 0) is 0 Å². The fourth-order valence-electron chi connectivity index (χ4n) is 1.83. The lowest BCUT2D eigenvalue weighted by Crippen LogP contribution is -2.15. The van der Waals surface area contributed by atoms with Crippen LogP contribution in [0, 0.1) is 0 Å². The number of ether oxygens (including phenoxy) is 1. The maximum absolute atomic E-state index is 11.2. The number of hydrogen-bond acceptors (Lipinski definition) is 4. The highest BCUT2D eigenvalue weighted by Crippen LogP contribution is 2.21. The number of aliphatic hydroxyl groups is 1. The Morgan fingerprint density at radius 2 is 1.95 bits per heavy atom. The van der Waals surface area contributed by atoms with Gasteiger partial charge in [0.1, 0.15) is 18.5 Å². The van der Waals surface area contributed by atoms with Gasteiger partial charge >= 0.3 is 0 Å². The second kappa shape index (κ2) is 6.08. The number of carbonyl (C=O) groups is 1. The number of carbonyl (C=O) groups excluding carboxylic acids is 1. The molecule has 0 saturated carbocycles. The number of amides is 1. The number of nitrogen functional groups attached to an aromatic ring is 1. The van der Waals surface area contributed by atoms with Crippen LogP contribution >= 0.6 is 0 Å². The first kappa shape index (κ1) is 13.9. The Balaban J connectivity index is 2.07. The van der Waals surface area contributed by atoms with Gasteiger partial charge < -0.3 is 21.3 Å². The van der Waals surface area contributed by atoms with E-state index in [9.17, 15) is 9.90 Å². The number of primary amides is 1. The molecule has 2 rings (SSSR count). The van der Waals surface area contributed by atoms with Gasteiger partial charge in [-0.05, 0) is 29.8 Å². The molecule has 2 aromatic carbocycles. The van der Waals surface area contributed by atoms with Crippen molar-refractivity contribution in [3.05, 3.63) is 59.7 Å². The predicted octanol–water partition coefficient (Wildman–Crippen LogP) is 1.48. The van der Waals surface area contributed by atoms with E-state index in [2.05, 4.69) is 0 Å². The van der Waals surface area contributed by atoms with Crippen molar-refractivity contribution < 1.29 is 14.6 Å². The van der Waals surface area contributed by atoms with Crippen LogP contribution < -0.4 is 16.2 Å². The molecule has 0 heterocycles. The average molecular weight is 272 g/mol. The smallest absolute Gasteiger partial charge is 0.252 e. The number of benzene rings is 2. The summed E-state index contributed by atoms with van der Waals surface area (Å²) in [4.78, 5) is 11.2. The van der Waals surface area contributed by atoms with E-state index in [1.165, 1.54) is 0 Å². The topological polar surface area (TPSA) is 98.6 Å². The van der Waals surface area contributed by atoms with Gasteiger partial charge in [-0.15, -0.1) is 0 Å². The molecule has 1 atom stereocenters. The van der Waals surface area contributed by atoms with Crippen molar-refractivity contribution >= 4 is 11.6 Å². The third-order valence-corrected chi connectivity index (χ3v) is 2.84. The van der Waals surface area contributed by atoms with Gasteiger partial charge in [-0.2, -0.15) is 0 Å². The average Bonchev–Trinajstić information content (AvgIpc) is 2.45. The molecule has 0 spiro atoms. The van der Waals surface area contributed by atoms with Crippen LogP contribution in [0.2, 0.25) is 0 Å². The normalized spacial score (nSPS) is 11.8. The molecule has 5 heteroatoms. The number of anilines is 1. The van der Waals surface area contributed by atoms with Crippen molar-refractivity contribution in [2.45, 2.75) is 6.10 Å². The highest BCUT2D eigenvalue weighted by Gasteiger charge is 2.12. The fraction of sp³-hybridized carbons (Fsp3) is 0.133. The summed E-state index contributed by atoms with van der Waals surface area (Å²) in [6.45, 7) is 0.00769. The van der Waals surface area contributed by atoms with Gasteiger partial charge in [-0.3, -0.25) is 4.79 Å². The summed E-state index contributed by atoms with van der Waals surface area (Å²) in [6, 6.07) is 13.6. The van der Waals surface area contributed by atoms with Crippen LogP contribution in [0.25, 0.3) is 0 Å².